The van der Waals surface area contributed by atoms with Crippen LogP contribution in [0.25, 0.3) is 0 Å². The minimum atomic E-state index is -0.278. The average molecular weight is 382 g/mol. The number of amides is 2. The summed E-state index contributed by atoms with van der Waals surface area (Å²) in [6.45, 7) is 0.619. The van der Waals surface area contributed by atoms with Crippen molar-refractivity contribution in [2.75, 3.05) is 4.90 Å². The normalized spacial score (nSPS) is 13.5. The lowest BCUT2D eigenvalue weighted by atomic mass is 10.1. The Hall–Kier alpha value is -2.73. The molecule has 5 nitrogen and oxygen atoms in total. The van der Waals surface area contributed by atoms with E-state index in [0.29, 0.717) is 23.4 Å². The first-order valence-corrected chi connectivity index (χ1v) is 8.17. The van der Waals surface area contributed by atoms with E-state index < -0.39 is 0 Å². The number of rotatable bonds is 3. The highest BCUT2D eigenvalue weighted by Gasteiger charge is 2.36. The SMILES string of the molecule is O=C1c2ccccc2C(=O)N1c1ccc(Cn2cc(Br)cn2)cc1. The summed E-state index contributed by atoms with van der Waals surface area (Å²) in [7, 11) is 0. The molecule has 2 amide bonds. The molecule has 0 atom stereocenters. The van der Waals surface area contributed by atoms with Crippen LogP contribution in [-0.4, -0.2) is 21.6 Å². The van der Waals surface area contributed by atoms with Gasteiger partial charge in [0.25, 0.3) is 11.8 Å². The molecule has 1 aromatic heterocycles. The summed E-state index contributed by atoms with van der Waals surface area (Å²) in [4.78, 5) is 26.2. The maximum Gasteiger partial charge on any atom is 0.266 e. The highest BCUT2D eigenvalue weighted by Crippen LogP contribution is 2.28. The van der Waals surface area contributed by atoms with E-state index in [2.05, 4.69) is 21.0 Å². The molecule has 2 heterocycles. The number of hydrogen-bond donors (Lipinski definition) is 0. The van der Waals surface area contributed by atoms with Gasteiger partial charge in [-0.05, 0) is 45.8 Å². The molecule has 3 aromatic rings. The van der Waals surface area contributed by atoms with E-state index in [1.54, 1.807) is 47.3 Å². The van der Waals surface area contributed by atoms with E-state index in [4.69, 9.17) is 0 Å². The summed E-state index contributed by atoms with van der Waals surface area (Å²) in [5.74, 6) is -0.557. The van der Waals surface area contributed by atoms with Crippen molar-refractivity contribution in [3.8, 4) is 0 Å². The van der Waals surface area contributed by atoms with Crippen LogP contribution in [0.15, 0.2) is 65.4 Å². The summed E-state index contributed by atoms with van der Waals surface area (Å²) < 4.78 is 2.73. The Morgan fingerprint density at radius 2 is 1.54 bits per heavy atom. The van der Waals surface area contributed by atoms with Gasteiger partial charge in [0.1, 0.15) is 0 Å². The molecule has 24 heavy (non-hydrogen) atoms. The summed E-state index contributed by atoms with van der Waals surface area (Å²) in [6.07, 6.45) is 3.62. The van der Waals surface area contributed by atoms with Crippen molar-refractivity contribution < 1.29 is 9.59 Å². The van der Waals surface area contributed by atoms with Crippen LogP contribution < -0.4 is 4.90 Å². The molecular formula is C18H12BrN3O2. The fraction of sp³-hybridized carbons (Fsp3) is 0.0556. The van der Waals surface area contributed by atoms with Gasteiger partial charge in [-0.3, -0.25) is 14.3 Å². The summed E-state index contributed by atoms with van der Waals surface area (Å²) in [5.41, 5.74) is 2.51. The number of nitrogens with zero attached hydrogens (tertiary/aromatic N) is 3. The first-order valence-electron chi connectivity index (χ1n) is 7.38. The molecule has 2 aromatic carbocycles. The summed E-state index contributed by atoms with van der Waals surface area (Å²) in [5, 5.41) is 4.21. The number of hydrogen-bond acceptors (Lipinski definition) is 3. The van der Waals surface area contributed by atoms with Crippen LogP contribution in [0, 0.1) is 0 Å². The summed E-state index contributed by atoms with van der Waals surface area (Å²) in [6, 6.07) is 14.3. The molecule has 0 saturated heterocycles. The monoisotopic (exact) mass is 381 g/mol. The van der Waals surface area contributed by atoms with Crippen molar-refractivity contribution in [2.45, 2.75) is 6.54 Å². The predicted octanol–water partition coefficient (Wildman–Crippen LogP) is 3.49. The second kappa shape index (κ2) is 5.72. The third-order valence-corrected chi connectivity index (χ3v) is 4.34. The van der Waals surface area contributed by atoms with E-state index in [0.717, 1.165) is 10.0 Å². The van der Waals surface area contributed by atoms with Gasteiger partial charge in [-0.25, -0.2) is 4.90 Å². The van der Waals surface area contributed by atoms with Crippen LogP contribution in [0.5, 0.6) is 0 Å². The molecule has 118 valence electrons. The molecule has 4 rings (SSSR count). The van der Waals surface area contributed by atoms with Crippen LogP contribution >= 0.6 is 15.9 Å². The van der Waals surface area contributed by atoms with Crippen LogP contribution in [-0.2, 0) is 6.54 Å². The maximum absolute atomic E-state index is 12.5. The maximum atomic E-state index is 12.5. The lowest BCUT2D eigenvalue weighted by Gasteiger charge is -2.14. The molecular weight excluding hydrogens is 370 g/mol. The molecule has 0 unspecified atom stereocenters. The van der Waals surface area contributed by atoms with Crippen molar-refractivity contribution in [3.05, 3.63) is 82.1 Å². The first-order chi connectivity index (χ1) is 11.6. The Kier molecular flexibility index (Phi) is 3.54. The molecule has 0 aliphatic carbocycles. The lowest BCUT2D eigenvalue weighted by molar-refractivity contribution is 0.0926. The van der Waals surface area contributed by atoms with Crippen LogP contribution in [0.1, 0.15) is 26.3 Å². The molecule has 0 bridgehead atoms. The smallest absolute Gasteiger partial charge is 0.266 e. The predicted molar refractivity (Wildman–Crippen MR) is 93.1 cm³/mol. The Balaban J connectivity index is 1.60. The minimum absolute atomic E-state index is 0.278. The van der Waals surface area contributed by atoms with Crippen molar-refractivity contribution in [1.82, 2.24) is 9.78 Å². The van der Waals surface area contributed by atoms with Gasteiger partial charge in [-0.1, -0.05) is 24.3 Å². The molecule has 0 fully saturated rings. The van der Waals surface area contributed by atoms with Gasteiger partial charge in [0.2, 0.25) is 0 Å². The van der Waals surface area contributed by atoms with E-state index >= 15 is 0 Å². The third kappa shape index (κ3) is 2.45. The van der Waals surface area contributed by atoms with E-state index in [-0.39, 0.29) is 11.8 Å². The van der Waals surface area contributed by atoms with Crippen molar-refractivity contribution in [2.24, 2.45) is 0 Å². The van der Waals surface area contributed by atoms with Gasteiger partial charge in [0, 0.05) is 6.20 Å². The number of anilines is 1. The topological polar surface area (TPSA) is 55.2 Å². The zero-order valence-corrected chi connectivity index (χ0v) is 14.1. The van der Waals surface area contributed by atoms with Gasteiger partial charge in [0.05, 0.1) is 34.0 Å². The molecule has 1 aliphatic rings. The third-order valence-electron chi connectivity index (χ3n) is 3.93. The van der Waals surface area contributed by atoms with Gasteiger partial charge in [-0.15, -0.1) is 0 Å². The second-order valence-corrected chi connectivity index (χ2v) is 6.43. The minimum Gasteiger partial charge on any atom is -0.268 e. The van der Waals surface area contributed by atoms with E-state index in [1.165, 1.54) is 4.90 Å². The Bertz CT molecular complexity index is 912. The van der Waals surface area contributed by atoms with Crippen LogP contribution in [0.3, 0.4) is 0 Å². The zero-order valence-electron chi connectivity index (χ0n) is 12.5. The number of carbonyl (C=O) groups is 2. The highest BCUT2D eigenvalue weighted by atomic mass is 79.9. The Labute approximate surface area is 146 Å². The Morgan fingerprint density at radius 3 is 2.08 bits per heavy atom. The van der Waals surface area contributed by atoms with Gasteiger partial charge in [0.15, 0.2) is 0 Å². The van der Waals surface area contributed by atoms with Crippen molar-refractivity contribution in [1.29, 1.82) is 0 Å². The number of carbonyl (C=O) groups excluding carboxylic acids is 2. The second-order valence-electron chi connectivity index (χ2n) is 5.51. The number of halogens is 1. The summed E-state index contributed by atoms with van der Waals surface area (Å²) >= 11 is 3.36. The quantitative estimate of drug-likeness (QED) is 0.652. The standard InChI is InChI=1S/C18H12BrN3O2/c19-13-9-20-21(11-13)10-12-5-7-14(8-6-12)22-17(23)15-3-1-2-4-16(15)18(22)24/h1-9,11H,10H2. The van der Waals surface area contributed by atoms with Crippen molar-refractivity contribution >= 4 is 33.4 Å². The van der Waals surface area contributed by atoms with Gasteiger partial charge >= 0.3 is 0 Å². The average Bonchev–Trinajstić information content (AvgIpc) is 3.11. The van der Waals surface area contributed by atoms with Gasteiger partial charge in [-0.2, -0.15) is 5.10 Å². The van der Waals surface area contributed by atoms with Crippen molar-refractivity contribution in [3.63, 3.8) is 0 Å². The molecule has 0 spiro atoms. The molecule has 0 saturated carbocycles. The lowest BCUT2D eigenvalue weighted by Crippen LogP contribution is -2.29. The number of imide groups is 1. The van der Waals surface area contributed by atoms with E-state index in [9.17, 15) is 9.59 Å². The fourth-order valence-corrected chi connectivity index (χ4v) is 3.11. The Morgan fingerprint density at radius 1 is 0.917 bits per heavy atom. The molecule has 0 radical (unpaired) electrons. The molecule has 6 heteroatoms. The fourth-order valence-electron chi connectivity index (χ4n) is 2.79. The molecule has 0 N–H and O–H groups in total. The molecule has 1 aliphatic heterocycles. The van der Waals surface area contributed by atoms with Crippen LogP contribution in [0.2, 0.25) is 0 Å². The first kappa shape index (κ1) is 14.8. The largest absolute Gasteiger partial charge is 0.268 e. The van der Waals surface area contributed by atoms with Crippen LogP contribution in [0.4, 0.5) is 5.69 Å². The number of fused-ring (bicyclic) bond motifs is 1. The van der Waals surface area contributed by atoms with Gasteiger partial charge < -0.3 is 0 Å². The number of benzene rings is 2. The number of aromatic nitrogens is 2. The zero-order chi connectivity index (χ0) is 16.7. The highest BCUT2D eigenvalue weighted by molar-refractivity contribution is 9.10. The van der Waals surface area contributed by atoms with E-state index in [1.807, 2.05) is 18.3 Å².